The molecule has 0 spiro atoms. The lowest BCUT2D eigenvalue weighted by atomic mass is 10.3. The van der Waals surface area contributed by atoms with Gasteiger partial charge in [-0.05, 0) is 42.5 Å². The van der Waals surface area contributed by atoms with Crippen molar-refractivity contribution in [2.45, 2.75) is 4.90 Å². The number of hydrogen-bond acceptors (Lipinski definition) is 5. The average molecular weight is 466 g/mol. The Labute approximate surface area is 173 Å². The number of rotatable bonds is 4. The number of piperazine rings is 1. The largest absolute Gasteiger partial charge is 0.345 e. The van der Waals surface area contributed by atoms with Crippen LogP contribution in [0.3, 0.4) is 0 Å². The molecule has 1 amide bonds. The highest BCUT2D eigenvalue weighted by Crippen LogP contribution is 2.31. The Hall–Kier alpha value is -1.64. The molecule has 27 heavy (non-hydrogen) atoms. The first-order valence-corrected chi connectivity index (χ1v) is 11.2. The maximum Gasteiger partial charge on any atom is 0.233 e. The van der Waals surface area contributed by atoms with Crippen molar-refractivity contribution >= 4 is 60.3 Å². The van der Waals surface area contributed by atoms with Gasteiger partial charge in [-0.15, -0.1) is 11.8 Å². The van der Waals surface area contributed by atoms with E-state index in [1.165, 1.54) is 23.9 Å². The molecule has 0 saturated carbocycles. The quantitative estimate of drug-likeness (QED) is 0.525. The van der Waals surface area contributed by atoms with Crippen LogP contribution < -0.4 is 4.90 Å². The lowest BCUT2D eigenvalue weighted by Crippen LogP contribution is -2.49. The minimum atomic E-state index is -0.260. The van der Waals surface area contributed by atoms with E-state index in [2.05, 4.69) is 26.9 Å². The van der Waals surface area contributed by atoms with E-state index in [0.717, 1.165) is 37.8 Å². The number of carbonyl (C=O) groups excluding carboxylic acids is 1. The number of fused-ring (bicyclic) bond motifs is 1. The van der Waals surface area contributed by atoms with Gasteiger partial charge in [0.25, 0.3) is 0 Å². The van der Waals surface area contributed by atoms with E-state index < -0.39 is 0 Å². The van der Waals surface area contributed by atoms with E-state index in [1.54, 1.807) is 23.5 Å². The van der Waals surface area contributed by atoms with Gasteiger partial charge in [0, 0.05) is 35.5 Å². The molecule has 0 radical (unpaired) electrons. The molecule has 1 fully saturated rings. The molecule has 0 unspecified atom stereocenters. The van der Waals surface area contributed by atoms with Crippen LogP contribution >= 0.6 is 39.0 Å². The number of carbonyl (C=O) groups is 1. The summed E-state index contributed by atoms with van der Waals surface area (Å²) >= 11 is 6.63. The molecule has 0 N–H and O–H groups in total. The van der Waals surface area contributed by atoms with E-state index in [0.29, 0.717) is 18.8 Å². The summed E-state index contributed by atoms with van der Waals surface area (Å²) < 4.78 is 15.2. The van der Waals surface area contributed by atoms with Crippen molar-refractivity contribution in [3.63, 3.8) is 0 Å². The van der Waals surface area contributed by atoms with E-state index in [4.69, 9.17) is 4.98 Å². The zero-order valence-electron chi connectivity index (χ0n) is 14.4. The van der Waals surface area contributed by atoms with Crippen molar-refractivity contribution in [3.8, 4) is 0 Å². The Morgan fingerprint density at radius 2 is 1.89 bits per heavy atom. The molecule has 0 bridgehead atoms. The van der Waals surface area contributed by atoms with Gasteiger partial charge in [-0.2, -0.15) is 0 Å². The monoisotopic (exact) mass is 465 g/mol. The Kier molecular flexibility index (Phi) is 5.66. The van der Waals surface area contributed by atoms with Crippen LogP contribution in [0.5, 0.6) is 0 Å². The summed E-state index contributed by atoms with van der Waals surface area (Å²) in [7, 11) is 0. The van der Waals surface area contributed by atoms with Gasteiger partial charge in [0.2, 0.25) is 5.91 Å². The Balaban J connectivity index is 1.32. The molecular formula is C19H17BrFN3OS2. The minimum Gasteiger partial charge on any atom is -0.345 e. The van der Waals surface area contributed by atoms with Gasteiger partial charge in [-0.1, -0.05) is 27.3 Å². The third kappa shape index (κ3) is 4.44. The van der Waals surface area contributed by atoms with Gasteiger partial charge < -0.3 is 9.80 Å². The number of amides is 1. The van der Waals surface area contributed by atoms with E-state index in [9.17, 15) is 9.18 Å². The Morgan fingerprint density at radius 1 is 1.15 bits per heavy atom. The van der Waals surface area contributed by atoms with E-state index in [1.807, 2.05) is 17.0 Å². The smallest absolute Gasteiger partial charge is 0.233 e. The Bertz CT molecular complexity index is 955. The van der Waals surface area contributed by atoms with Crippen molar-refractivity contribution in [2.75, 3.05) is 36.8 Å². The van der Waals surface area contributed by atoms with Crippen molar-refractivity contribution in [1.82, 2.24) is 9.88 Å². The summed E-state index contributed by atoms with van der Waals surface area (Å²) in [5.41, 5.74) is 1.01. The highest BCUT2D eigenvalue weighted by Gasteiger charge is 2.23. The maximum atomic E-state index is 12.9. The number of anilines is 1. The number of nitrogens with zero attached hydrogens (tertiary/aromatic N) is 3. The van der Waals surface area contributed by atoms with Crippen LogP contribution in [0.2, 0.25) is 0 Å². The lowest BCUT2D eigenvalue weighted by Gasteiger charge is -2.34. The summed E-state index contributed by atoms with van der Waals surface area (Å²) in [6.45, 7) is 2.97. The van der Waals surface area contributed by atoms with Gasteiger partial charge in [0.05, 0.1) is 16.0 Å². The number of aromatic nitrogens is 1. The first kappa shape index (κ1) is 18.7. The van der Waals surface area contributed by atoms with Crippen molar-refractivity contribution < 1.29 is 9.18 Å². The van der Waals surface area contributed by atoms with Crippen LogP contribution in [0.4, 0.5) is 9.52 Å². The van der Waals surface area contributed by atoms with Gasteiger partial charge in [0.1, 0.15) is 5.82 Å². The summed E-state index contributed by atoms with van der Waals surface area (Å²) in [6.07, 6.45) is 0. The zero-order chi connectivity index (χ0) is 18.8. The molecule has 1 aliphatic heterocycles. The number of thioether (sulfide) groups is 1. The fourth-order valence-corrected chi connectivity index (χ4v) is 5.31. The fraction of sp³-hybridized carbons (Fsp3) is 0.263. The van der Waals surface area contributed by atoms with Gasteiger partial charge in [-0.25, -0.2) is 9.37 Å². The molecule has 1 saturated heterocycles. The van der Waals surface area contributed by atoms with Crippen LogP contribution in [-0.4, -0.2) is 47.7 Å². The molecule has 2 aromatic carbocycles. The fourth-order valence-electron chi connectivity index (χ4n) is 2.94. The van der Waals surface area contributed by atoms with E-state index in [-0.39, 0.29) is 11.7 Å². The number of hydrogen-bond donors (Lipinski definition) is 0. The van der Waals surface area contributed by atoms with Crippen LogP contribution in [0.1, 0.15) is 0 Å². The molecule has 8 heteroatoms. The first-order valence-electron chi connectivity index (χ1n) is 8.56. The highest BCUT2D eigenvalue weighted by atomic mass is 79.9. The highest BCUT2D eigenvalue weighted by molar-refractivity contribution is 9.10. The molecule has 4 nitrogen and oxygen atoms in total. The van der Waals surface area contributed by atoms with Crippen LogP contribution in [0.25, 0.3) is 10.2 Å². The normalized spacial score (nSPS) is 14.7. The third-order valence-electron chi connectivity index (χ3n) is 4.42. The average Bonchev–Trinajstić information content (AvgIpc) is 3.10. The second-order valence-electron chi connectivity index (χ2n) is 6.22. The summed E-state index contributed by atoms with van der Waals surface area (Å²) in [6, 6.07) is 12.4. The predicted molar refractivity (Wildman–Crippen MR) is 113 cm³/mol. The topological polar surface area (TPSA) is 36.4 Å². The molecule has 4 rings (SSSR count). The molecule has 1 aromatic heterocycles. The third-order valence-corrected chi connectivity index (χ3v) is 6.99. The molecule has 3 aromatic rings. The molecule has 0 aliphatic carbocycles. The second-order valence-corrected chi connectivity index (χ2v) is 9.19. The summed E-state index contributed by atoms with van der Waals surface area (Å²) in [5, 5.41) is 1.01. The van der Waals surface area contributed by atoms with Crippen LogP contribution in [-0.2, 0) is 4.79 Å². The minimum absolute atomic E-state index is 0.122. The molecule has 0 atom stereocenters. The summed E-state index contributed by atoms with van der Waals surface area (Å²) in [4.78, 5) is 22.2. The van der Waals surface area contributed by atoms with Gasteiger partial charge >= 0.3 is 0 Å². The molecule has 2 heterocycles. The Morgan fingerprint density at radius 3 is 2.63 bits per heavy atom. The van der Waals surface area contributed by atoms with Crippen molar-refractivity contribution in [3.05, 3.63) is 52.8 Å². The zero-order valence-corrected chi connectivity index (χ0v) is 17.6. The SMILES string of the molecule is O=C(CSc1ccc(F)cc1)N1CCN(c2nc3ccc(Br)cc3s2)CC1. The predicted octanol–water partition coefficient (Wildman–Crippen LogP) is 4.64. The number of thiazole rings is 1. The molecule has 140 valence electrons. The first-order chi connectivity index (χ1) is 13.1. The molecular weight excluding hydrogens is 449 g/mol. The number of benzene rings is 2. The van der Waals surface area contributed by atoms with Crippen molar-refractivity contribution in [1.29, 1.82) is 0 Å². The van der Waals surface area contributed by atoms with E-state index >= 15 is 0 Å². The second kappa shape index (κ2) is 8.16. The standard InChI is InChI=1S/C19H17BrFN3OS2/c20-13-1-6-16-17(11-13)27-19(22-16)24-9-7-23(8-10-24)18(25)12-26-15-4-2-14(21)3-5-15/h1-6,11H,7-10,12H2. The summed E-state index contributed by atoms with van der Waals surface area (Å²) in [5.74, 6) is 0.238. The van der Waals surface area contributed by atoms with Gasteiger partial charge in [0.15, 0.2) is 5.13 Å². The van der Waals surface area contributed by atoms with Crippen LogP contribution in [0, 0.1) is 5.82 Å². The maximum absolute atomic E-state index is 12.9. The molecule has 1 aliphatic rings. The van der Waals surface area contributed by atoms with Crippen molar-refractivity contribution in [2.24, 2.45) is 0 Å². The lowest BCUT2D eigenvalue weighted by molar-refractivity contribution is -0.128. The van der Waals surface area contributed by atoms with Gasteiger partial charge in [-0.3, -0.25) is 4.79 Å². The number of halogens is 2. The van der Waals surface area contributed by atoms with Crippen LogP contribution in [0.15, 0.2) is 51.8 Å².